The van der Waals surface area contributed by atoms with Gasteiger partial charge in [0.2, 0.25) is 0 Å². The Morgan fingerprint density at radius 2 is 1.14 bits per heavy atom. The summed E-state index contributed by atoms with van der Waals surface area (Å²) in [6.07, 6.45) is -2.33. The van der Waals surface area contributed by atoms with Crippen molar-refractivity contribution in [2.45, 2.75) is 0 Å². The van der Waals surface area contributed by atoms with Gasteiger partial charge in [-0.25, -0.2) is 0 Å². The number of hydrogen-bond acceptors (Lipinski definition) is 3. The van der Waals surface area contributed by atoms with Crippen molar-refractivity contribution in [3.05, 3.63) is 0 Å². The zero-order valence-corrected chi connectivity index (χ0v) is 9.29. The summed E-state index contributed by atoms with van der Waals surface area (Å²) in [6, 6.07) is 0. The third-order valence-corrected chi connectivity index (χ3v) is 0. The second-order valence-electron chi connectivity index (χ2n) is 0.250. The van der Waals surface area contributed by atoms with Gasteiger partial charge < -0.3 is 15.0 Å². The second kappa shape index (κ2) is 15.8. The number of rotatable bonds is 0. The van der Waals surface area contributed by atoms with Crippen LogP contribution >= 0.6 is 0 Å². The molecule has 0 aromatic heterocycles. The van der Waals surface area contributed by atoms with Gasteiger partial charge in [0.05, 0.1) is 0 Å². The van der Waals surface area contributed by atoms with Crippen molar-refractivity contribution >= 4 is 99.0 Å². The van der Waals surface area contributed by atoms with Crippen LogP contribution < -0.4 is 10.2 Å². The number of carbonyl (C=O) groups is 1. The average Bonchev–Trinajstić information content (AvgIpc) is 0.811. The first-order chi connectivity index (χ1) is 1.73. The molecule has 0 bridgehead atoms. The van der Waals surface area contributed by atoms with Crippen molar-refractivity contribution in [3.63, 3.8) is 0 Å². The van der Waals surface area contributed by atoms with Gasteiger partial charge in [0, 0.05) is 0 Å². The first-order valence-electron chi connectivity index (χ1n) is 0.612. The molecule has 0 heterocycles. The summed E-state index contributed by atoms with van der Waals surface area (Å²) in [7, 11) is 0. The quantitative estimate of drug-likeness (QED) is 0.350. The van der Waals surface area contributed by atoms with E-state index in [1.165, 1.54) is 0 Å². The molecule has 0 atom stereocenters. The van der Waals surface area contributed by atoms with Crippen LogP contribution in [0.25, 0.3) is 0 Å². The maximum Gasteiger partial charge on any atom is 3.00 e. The van der Waals surface area contributed by atoms with E-state index in [1.54, 1.807) is 0 Å². The Kier molecular flexibility index (Phi) is 51.3. The zero-order valence-electron chi connectivity index (χ0n) is 3.72. The number of carbonyl (C=O) groups excluding carboxylic acids is 1. The van der Waals surface area contributed by atoms with Crippen LogP contribution in [0.2, 0.25) is 0 Å². The molecular formula is CAlCa2O3+5. The molecule has 0 saturated carbocycles. The van der Waals surface area contributed by atoms with Crippen LogP contribution in [0.1, 0.15) is 0 Å². The van der Waals surface area contributed by atoms with E-state index in [0.717, 1.165) is 0 Å². The molecule has 7 heavy (non-hydrogen) atoms. The van der Waals surface area contributed by atoms with Gasteiger partial charge in [-0.3, -0.25) is 0 Å². The fourth-order valence-corrected chi connectivity index (χ4v) is 0. The molecule has 0 fully saturated rings. The largest absolute Gasteiger partial charge is 3.00 e. The topological polar surface area (TPSA) is 63.2 Å². The predicted molar refractivity (Wildman–Crippen MR) is 22.7 cm³/mol. The van der Waals surface area contributed by atoms with E-state index in [2.05, 4.69) is 0 Å². The maximum absolute atomic E-state index is 8.33. The molecule has 0 aliphatic rings. The van der Waals surface area contributed by atoms with Crippen LogP contribution in [0.15, 0.2) is 0 Å². The molecule has 6 heteroatoms. The van der Waals surface area contributed by atoms with E-state index >= 15 is 0 Å². The molecule has 0 unspecified atom stereocenters. The Bertz CT molecular complexity index is 35.9. The number of hydrogen-bond donors (Lipinski definition) is 0. The molecule has 3 nitrogen and oxygen atoms in total. The van der Waals surface area contributed by atoms with Crippen LogP contribution in [-0.4, -0.2) is 99.0 Å². The minimum atomic E-state index is -2.33. The molecular weight excluding hydrogens is 167 g/mol. The molecule has 0 saturated heterocycles. The van der Waals surface area contributed by atoms with Crippen LogP contribution in [0.4, 0.5) is 4.79 Å². The van der Waals surface area contributed by atoms with E-state index in [-0.39, 0.29) is 92.8 Å². The monoisotopic (exact) mass is 167 g/mol. The van der Waals surface area contributed by atoms with Crippen molar-refractivity contribution in [3.8, 4) is 0 Å². The summed E-state index contributed by atoms with van der Waals surface area (Å²) < 4.78 is 0. The summed E-state index contributed by atoms with van der Waals surface area (Å²) in [6.45, 7) is 0. The van der Waals surface area contributed by atoms with E-state index in [1.807, 2.05) is 0 Å². The van der Waals surface area contributed by atoms with E-state index in [9.17, 15) is 0 Å². The Morgan fingerprint density at radius 1 is 1.14 bits per heavy atom. The van der Waals surface area contributed by atoms with Gasteiger partial charge in [-0.05, 0) is 6.16 Å². The van der Waals surface area contributed by atoms with Gasteiger partial charge in [0.25, 0.3) is 0 Å². The van der Waals surface area contributed by atoms with Crippen molar-refractivity contribution in [1.29, 1.82) is 0 Å². The van der Waals surface area contributed by atoms with Crippen molar-refractivity contribution in [1.82, 2.24) is 0 Å². The van der Waals surface area contributed by atoms with Gasteiger partial charge in [-0.1, -0.05) is 0 Å². The molecule has 0 aromatic rings. The van der Waals surface area contributed by atoms with E-state index in [0.29, 0.717) is 0 Å². The predicted octanol–water partition coefficient (Wildman–Crippen LogP) is -3.59. The first kappa shape index (κ1) is 22.8. The summed E-state index contributed by atoms with van der Waals surface area (Å²) in [5, 5.41) is 16.7. The van der Waals surface area contributed by atoms with Crippen LogP contribution in [0, 0.1) is 0 Å². The Labute approximate surface area is 112 Å². The Morgan fingerprint density at radius 3 is 1.14 bits per heavy atom. The first-order valence-corrected chi connectivity index (χ1v) is 0.612. The van der Waals surface area contributed by atoms with Crippen molar-refractivity contribution < 1.29 is 15.0 Å². The summed E-state index contributed by atoms with van der Waals surface area (Å²) in [5.74, 6) is 0. The Balaban J connectivity index is -0.0000000150. The van der Waals surface area contributed by atoms with E-state index in [4.69, 9.17) is 15.0 Å². The second-order valence-corrected chi connectivity index (χ2v) is 0.250. The minimum Gasteiger partial charge on any atom is -0.652 e. The average molecular weight is 167 g/mol. The van der Waals surface area contributed by atoms with Crippen LogP contribution in [-0.2, 0) is 0 Å². The fraction of sp³-hybridized carbons (Fsp3) is 0. The fourth-order valence-electron chi connectivity index (χ4n) is 0. The summed E-state index contributed by atoms with van der Waals surface area (Å²) in [5.41, 5.74) is 0. The molecule has 0 N–H and O–H groups in total. The van der Waals surface area contributed by atoms with Gasteiger partial charge >= 0.3 is 92.8 Å². The minimum absolute atomic E-state index is 0. The molecule has 0 amide bonds. The van der Waals surface area contributed by atoms with Crippen molar-refractivity contribution in [2.24, 2.45) is 0 Å². The van der Waals surface area contributed by atoms with Crippen molar-refractivity contribution in [2.75, 3.05) is 0 Å². The van der Waals surface area contributed by atoms with Gasteiger partial charge in [0.1, 0.15) is 0 Å². The maximum atomic E-state index is 8.33. The smallest absolute Gasteiger partial charge is 0.652 e. The standard InChI is InChI=1S/CH2O3.Al.2Ca/c2-1(3)4;;;/h(H2,2,3,4);;;/q;+3;2*+2/p-2. The molecule has 24 valence electrons. The molecule has 0 spiro atoms. The number of carboxylic acid groups (broad SMARTS) is 2. The normalized spacial score (nSPS) is 3.43. The van der Waals surface area contributed by atoms with Gasteiger partial charge in [-0.15, -0.1) is 0 Å². The van der Waals surface area contributed by atoms with Gasteiger partial charge in [0.15, 0.2) is 0 Å². The van der Waals surface area contributed by atoms with Crippen LogP contribution in [0.3, 0.4) is 0 Å². The molecule has 0 aliphatic heterocycles. The third-order valence-electron chi connectivity index (χ3n) is 0. The summed E-state index contributed by atoms with van der Waals surface area (Å²) >= 11 is 0. The third kappa shape index (κ3) is 61.7. The summed E-state index contributed by atoms with van der Waals surface area (Å²) in [4.78, 5) is 8.33. The molecule has 0 aromatic carbocycles. The zero-order chi connectivity index (χ0) is 3.58. The van der Waals surface area contributed by atoms with E-state index < -0.39 is 6.16 Å². The Hall–Kier alpha value is 2.32. The molecule has 0 rings (SSSR count). The van der Waals surface area contributed by atoms with Crippen LogP contribution in [0.5, 0.6) is 0 Å². The molecule has 0 radical (unpaired) electrons. The SMILES string of the molecule is O=C([O-])[O-].[Al+3].[Ca+2].[Ca+2]. The molecule has 0 aliphatic carbocycles. The van der Waals surface area contributed by atoms with Gasteiger partial charge in [-0.2, -0.15) is 0 Å².